The van der Waals surface area contributed by atoms with Crippen molar-refractivity contribution in [1.82, 2.24) is 0 Å². The van der Waals surface area contributed by atoms with E-state index in [1.54, 1.807) is 31.9 Å². The lowest BCUT2D eigenvalue weighted by Gasteiger charge is -2.61. The van der Waals surface area contributed by atoms with Crippen molar-refractivity contribution in [3.8, 4) is 0 Å². The van der Waals surface area contributed by atoms with Gasteiger partial charge in [0.2, 0.25) is 0 Å². The minimum absolute atomic E-state index is 0.00442. The lowest BCUT2D eigenvalue weighted by atomic mass is 9.43. The molecule has 270 valence electrons. The maximum absolute atomic E-state index is 12.8. The van der Waals surface area contributed by atoms with Crippen LogP contribution in [0.1, 0.15) is 63.4 Å². The highest BCUT2D eigenvalue weighted by atomic mass is 16.5. The number of carbonyl (C=O) groups is 1. The molecule has 13 fully saturated rings. The smallest absolute Gasteiger partial charge is 0.305 e. The predicted octanol–water partition coefficient (Wildman–Crippen LogP) is 9.00. The highest BCUT2D eigenvalue weighted by Gasteiger charge is 2.94. The van der Waals surface area contributed by atoms with E-state index in [1.165, 1.54) is 25.7 Å². The van der Waals surface area contributed by atoms with Crippen molar-refractivity contribution >= 4 is 5.97 Å². The fourth-order valence-electron chi connectivity index (χ4n) is 25.9. The SMILES string of the molecule is COC(=O)CCCC1(c2ccccc2)C2C3=CC4CC5CC6CC7=C8C9C(CC%10=CC%11CC21C1C%11C2C%10C9C9C%10C8C6C6C5C4C4C3C1C(C29)C4C%106)C7. The molecule has 28 atom stereocenters. The summed E-state index contributed by atoms with van der Waals surface area (Å²) >= 11 is 0. The van der Waals surface area contributed by atoms with Gasteiger partial charge >= 0.3 is 5.97 Å². The van der Waals surface area contributed by atoms with Gasteiger partial charge in [-0.25, -0.2) is 0 Å². The second-order valence-electron chi connectivity index (χ2n) is 23.9. The van der Waals surface area contributed by atoms with Crippen LogP contribution >= 0.6 is 0 Å². The summed E-state index contributed by atoms with van der Waals surface area (Å²) in [5.74, 6) is 26.3. The number of hydrogen-bond acceptors (Lipinski definition) is 2. The first-order valence-corrected chi connectivity index (χ1v) is 23.4. The molecule has 0 aromatic heterocycles. The summed E-state index contributed by atoms with van der Waals surface area (Å²) in [5.41, 5.74) is 10.8. The van der Waals surface area contributed by atoms with Crippen LogP contribution in [0.15, 0.2) is 64.8 Å². The lowest BCUT2D eigenvalue weighted by Crippen LogP contribution is -2.58. The van der Waals surface area contributed by atoms with Gasteiger partial charge in [0.1, 0.15) is 0 Å². The molecule has 2 heteroatoms. The number of benzene rings is 1. The van der Waals surface area contributed by atoms with Gasteiger partial charge in [-0.05, 0) is 216 Å². The molecule has 0 heterocycles. The van der Waals surface area contributed by atoms with Gasteiger partial charge in [-0.1, -0.05) is 64.8 Å². The van der Waals surface area contributed by atoms with Gasteiger partial charge in [0.25, 0.3) is 0 Å². The van der Waals surface area contributed by atoms with Crippen LogP contribution in [0.4, 0.5) is 0 Å². The number of fused-ring (bicyclic) bond motifs is 1. The molecule has 1 spiro atoms. The molecule has 0 saturated heterocycles. The Morgan fingerprint density at radius 2 is 1.45 bits per heavy atom. The Kier molecular flexibility index (Phi) is 4.10. The van der Waals surface area contributed by atoms with Crippen molar-refractivity contribution in [2.75, 3.05) is 7.11 Å². The fourth-order valence-corrected chi connectivity index (χ4v) is 25.9. The normalized spacial score (nSPS) is 68.6. The van der Waals surface area contributed by atoms with Gasteiger partial charge in [0, 0.05) is 11.8 Å². The maximum Gasteiger partial charge on any atom is 0.305 e. The molecule has 53 heavy (non-hydrogen) atoms. The van der Waals surface area contributed by atoms with Crippen LogP contribution in [-0.4, -0.2) is 13.1 Å². The van der Waals surface area contributed by atoms with Crippen molar-refractivity contribution in [1.29, 1.82) is 0 Å². The largest absolute Gasteiger partial charge is 0.469 e. The van der Waals surface area contributed by atoms with E-state index in [2.05, 4.69) is 64.8 Å². The van der Waals surface area contributed by atoms with E-state index >= 15 is 0 Å². The third-order valence-electron chi connectivity index (χ3n) is 24.6. The summed E-state index contributed by atoms with van der Waals surface area (Å²) < 4.78 is 5.31. The van der Waals surface area contributed by atoms with E-state index in [-0.39, 0.29) is 11.4 Å². The molecule has 0 aliphatic heterocycles. The average molecular weight is 699 g/mol. The Hall–Kier alpha value is -2.09. The number of esters is 1. The highest BCUT2D eigenvalue weighted by molar-refractivity contribution is 5.69. The van der Waals surface area contributed by atoms with Gasteiger partial charge in [-0.15, -0.1) is 0 Å². The molecular formula is C51H54O2. The van der Waals surface area contributed by atoms with Gasteiger partial charge in [-0.3, -0.25) is 4.79 Å². The first-order chi connectivity index (χ1) is 26.2. The van der Waals surface area contributed by atoms with E-state index in [0.29, 0.717) is 11.8 Å². The second-order valence-corrected chi connectivity index (χ2v) is 23.9. The quantitative estimate of drug-likeness (QED) is 0.227. The van der Waals surface area contributed by atoms with Crippen LogP contribution in [0.3, 0.4) is 0 Å². The Balaban J connectivity index is 0.954. The minimum atomic E-state index is 0.00442. The lowest BCUT2D eigenvalue weighted by molar-refractivity contribution is -0.144. The van der Waals surface area contributed by atoms with Crippen LogP contribution in [0.2, 0.25) is 0 Å². The van der Waals surface area contributed by atoms with Crippen molar-refractivity contribution in [2.45, 2.75) is 63.2 Å². The molecule has 13 saturated carbocycles. The molecule has 1 aromatic rings. The van der Waals surface area contributed by atoms with Gasteiger partial charge < -0.3 is 4.74 Å². The summed E-state index contributed by atoms with van der Waals surface area (Å²) in [4.78, 5) is 12.8. The molecule has 28 unspecified atom stereocenters. The van der Waals surface area contributed by atoms with Gasteiger partial charge in [-0.2, -0.15) is 0 Å². The van der Waals surface area contributed by atoms with E-state index in [4.69, 9.17) is 4.74 Å². The zero-order valence-electron chi connectivity index (χ0n) is 31.2. The first kappa shape index (κ1) is 27.5. The second kappa shape index (κ2) is 7.90. The van der Waals surface area contributed by atoms with Crippen molar-refractivity contribution in [3.63, 3.8) is 0 Å². The summed E-state index contributed by atoms with van der Waals surface area (Å²) in [5, 5.41) is 0. The summed E-state index contributed by atoms with van der Waals surface area (Å²) in [6.45, 7) is 0. The Morgan fingerprint density at radius 3 is 2.32 bits per heavy atom. The Morgan fingerprint density at radius 1 is 0.679 bits per heavy atom. The first-order valence-electron chi connectivity index (χ1n) is 23.4. The van der Waals surface area contributed by atoms with Crippen LogP contribution in [0, 0.1) is 159 Å². The van der Waals surface area contributed by atoms with E-state index < -0.39 is 0 Å². The Labute approximate surface area is 314 Å². The third-order valence-corrected chi connectivity index (χ3v) is 24.6. The van der Waals surface area contributed by atoms with Crippen molar-refractivity contribution in [2.24, 2.45) is 159 Å². The van der Waals surface area contributed by atoms with Gasteiger partial charge in [0.05, 0.1) is 7.11 Å². The Bertz CT molecular complexity index is 2160. The number of methoxy groups -OCH3 is 1. The molecule has 18 rings (SSSR count). The zero-order valence-corrected chi connectivity index (χ0v) is 31.2. The molecule has 2 nitrogen and oxygen atoms in total. The summed E-state index contributed by atoms with van der Waals surface area (Å²) in [6, 6.07) is 12.2. The van der Waals surface area contributed by atoms with Gasteiger partial charge in [0.15, 0.2) is 0 Å². The fraction of sp³-hybridized carbons (Fsp3) is 0.745. The number of hydrogen-bond donors (Lipinski definition) is 0. The highest BCUT2D eigenvalue weighted by Crippen LogP contribution is 2.97. The van der Waals surface area contributed by atoms with Crippen LogP contribution in [0.25, 0.3) is 0 Å². The average Bonchev–Trinajstić information content (AvgIpc) is 3.86. The van der Waals surface area contributed by atoms with Crippen LogP contribution in [-0.2, 0) is 14.9 Å². The van der Waals surface area contributed by atoms with E-state index in [9.17, 15) is 4.79 Å². The number of rotatable bonds is 5. The zero-order chi connectivity index (χ0) is 33.5. The number of carbonyl (C=O) groups excluding carboxylic acids is 1. The van der Waals surface area contributed by atoms with Crippen LogP contribution in [0.5, 0.6) is 0 Å². The number of allylic oxidation sites excluding steroid dienone is 6. The molecule has 17 aliphatic carbocycles. The third kappa shape index (κ3) is 2.31. The molecule has 0 radical (unpaired) electrons. The monoisotopic (exact) mass is 698 g/mol. The van der Waals surface area contributed by atoms with Crippen molar-refractivity contribution < 1.29 is 9.53 Å². The molecule has 0 N–H and O–H groups in total. The molecule has 17 aliphatic rings. The minimum Gasteiger partial charge on any atom is -0.469 e. The van der Waals surface area contributed by atoms with E-state index in [1.807, 2.05) is 0 Å². The molecular weight excluding hydrogens is 645 g/mol. The molecule has 0 bridgehead atoms. The van der Waals surface area contributed by atoms with E-state index in [0.717, 1.165) is 160 Å². The number of ether oxygens (including phenoxy) is 1. The topological polar surface area (TPSA) is 26.3 Å². The molecule has 0 amide bonds. The van der Waals surface area contributed by atoms with Crippen LogP contribution < -0.4 is 0 Å². The predicted molar refractivity (Wildman–Crippen MR) is 198 cm³/mol. The standard InChI is InChI=1S/C51H54O2/c1-53-27(52)8-5-9-50(25-6-3-2-4-7-25)49-26-16-23-14-20-12-21-11-18-10-19-13-22-15-24-17-51(49,50)48-34(24)39-33(22)38-29(19)28(18)36-32(21)37-30(20)31(23)40-35(26)47(48)46-44(39)42(38)41(36)43(37)45(40)46/h2-4,6-7,15-16,19-21,23-24,29-49H,5,8-14,17H2,1H3. The molecule has 1 aromatic carbocycles. The van der Waals surface area contributed by atoms with Crippen molar-refractivity contribution in [3.05, 3.63) is 70.3 Å². The summed E-state index contributed by atoms with van der Waals surface area (Å²) in [7, 11) is 1.60. The summed E-state index contributed by atoms with van der Waals surface area (Å²) in [6.07, 6.45) is 18.3. The maximum atomic E-state index is 12.8.